The van der Waals surface area contributed by atoms with E-state index in [0.717, 1.165) is 45.4 Å². The quantitative estimate of drug-likeness (QED) is 0.757. The van der Waals surface area contributed by atoms with Crippen LogP contribution in [-0.4, -0.2) is 66.7 Å². The van der Waals surface area contributed by atoms with Crippen molar-refractivity contribution < 1.29 is 9.53 Å². The largest absolute Gasteiger partial charge is 0.465 e. The first-order valence-corrected chi connectivity index (χ1v) is 8.01. The molecule has 2 N–H and O–H groups in total. The lowest BCUT2D eigenvalue weighted by atomic mass is 9.99. The number of piperazine rings is 1. The zero-order valence-electron chi connectivity index (χ0n) is 12.9. The van der Waals surface area contributed by atoms with Gasteiger partial charge in [-0.3, -0.25) is 9.69 Å². The fourth-order valence-corrected chi connectivity index (χ4v) is 3.49. The van der Waals surface area contributed by atoms with Gasteiger partial charge in [0, 0.05) is 32.2 Å². The molecule has 1 heterocycles. The third-order valence-electron chi connectivity index (χ3n) is 4.67. The van der Waals surface area contributed by atoms with Gasteiger partial charge in [0.1, 0.15) is 5.54 Å². The first-order chi connectivity index (χ1) is 9.59. The molecule has 2 rings (SSSR count). The van der Waals surface area contributed by atoms with Gasteiger partial charge in [0.2, 0.25) is 0 Å². The summed E-state index contributed by atoms with van der Waals surface area (Å²) in [4.78, 5) is 17.0. The Morgan fingerprint density at radius 3 is 2.60 bits per heavy atom. The number of esters is 1. The lowest BCUT2D eigenvalue weighted by Crippen LogP contribution is -2.52. The molecule has 116 valence electrons. The summed E-state index contributed by atoms with van der Waals surface area (Å²) < 4.78 is 5.12. The summed E-state index contributed by atoms with van der Waals surface area (Å²) >= 11 is 0. The van der Waals surface area contributed by atoms with E-state index in [4.69, 9.17) is 10.5 Å². The van der Waals surface area contributed by atoms with Crippen LogP contribution in [0.1, 0.15) is 39.5 Å². The van der Waals surface area contributed by atoms with Crippen LogP contribution in [0, 0.1) is 0 Å². The minimum absolute atomic E-state index is 0.216. The third-order valence-corrected chi connectivity index (χ3v) is 4.67. The predicted octanol–water partition coefficient (Wildman–Crippen LogP) is 0.827. The highest BCUT2D eigenvalue weighted by Gasteiger charge is 2.45. The standard InChI is InChI=1S/C15H29N3O2/c1-3-7-17-8-10-18(11-9-17)13-5-6-15(16,12-13)14(19)20-4-2/h13H,3-12,16H2,1-2H3. The fourth-order valence-electron chi connectivity index (χ4n) is 3.49. The summed E-state index contributed by atoms with van der Waals surface area (Å²) in [5, 5.41) is 0. The normalized spacial score (nSPS) is 32.5. The van der Waals surface area contributed by atoms with E-state index in [-0.39, 0.29) is 5.97 Å². The van der Waals surface area contributed by atoms with Crippen LogP contribution in [0.25, 0.3) is 0 Å². The molecule has 1 aliphatic heterocycles. The molecule has 1 saturated heterocycles. The second-order valence-electron chi connectivity index (χ2n) is 6.15. The molecule has 5 heteroatoms. The average molecular weight is 283 g/mol. The van der Waals surface area contributed by atoms with Crippen LogP contribution in [0.5, 0.6) is 0 Å². The minimum atomic E-state index is -0.749. The van der Waals surface area contributed by atoms with E-state index >= 15 is 0 Å². The molecule has 0 aromatic carbocycles. The van der Waals surface area contributed by atoms with E-state index < -0.39 is 5.54 Å². The van der Waals surface area contributed by atoms with Crippen molar-refractivity contribution in [3.8, 4) is 0 Å². The molecular weight excluding hydrogens is 254 g/mol. The van der Waals surface area contributed by atoms with E-state index in [9.17, 15) is 4.79 Å². The van der Waals surface area contributed by atoms with Gasteiger partial charge in [-0.25, -0.2) is 0 Å². The molecule has 0 spiro atoms. The molecule has 0 aromatic heterocycles. The molecule has 0 amide bonds. The molecule has 1 aliphatic carbocycles. The SMILES string of the molecule is CCCN1CCN(C2CCC(N)(C(=O)OCC)C2)CC1. The van der Waals surface area contributed by atoms with Crippen molar-refractivity contribution >= 4 is 5.97 Å². The molecular formula is C15H29N3O2. The maximum absolute atomic E-state index is 12.0. The summed E-state index contributed by atoms with van der Waals surface area (Å²) in [6.45, 7) is 10.2. The molecule has 0 radical (unpaired) electrons. The molecule has 0 aromatic rings. The van der Waals surface area contributed by atoms with E-state index in [1.807, 2.05) is 6.92 Å². The van der Waals surface area contributed by atoms with Gasteiger partial charge in [0.15, 0.2) is 0 Å². The average Bonchev–Trinajstić information content (AvgIpc) is 2.84. The molecule has 2 fully saturated rings. The highest BCUT2D eigenvalue weighted by atomic mass is 16.5. The molecule has 2 unspecified atom stereocenters. The van der Waals surface area contributed by atoms with Crippen molar-refractivity contribution in [1.82, 2.24) is 9.80 Å². The van der Waals surface area contributed by atoms with Crippen molar-refractivity contribution in [2.75, 3.05) is 39.3 Å². The maximum atomic E-state index is 12.0. The Morgan fingerprint density at radius 1 is 1.30 bits per heavy atom. The number of carbonyl (C=O) groups excluding carboxylic acids is 1. The van der Waals surface area contributed by atoms with Crippen LogP contribution < -0.4 is 5.73 Å². The Labute approximate surface area is 122 Å². The topological polar surface area (TPSA) is 58.8 Å². The number of carbonyl (C=O) groups is 1. The van der Waals surface area contributed by atoms with Crippen molar-refractivity contribution in [2.45, 2.75) is 51.1 Å². The molecule has 2 aliphatic rings. The van der Waals surface area contributed by atoms with Gasteiger partial charge in [-0.15, -0.1) is 0 Å². The number of rotatable bonds is 5. The lowest BCUT2D eigenvalue weighted by molar-refractivity contribution is -0.149. The van der Waals surface area contributed by atoms with Crippen LogP contribution in [0.15, 0.2) is 0 Å². The van der Waals surface area contributed by atoms with E-state index in [1.54, 1.807) is 0 Å². The summed E-state index contributed by atoms with van der Waals surface area (Å²) in [5.41, 5.74) is 5.50. The Kier molecular flexibility index (Phi) is 5.41. The van der Waals surface area contributed by atoms with Crippen LogP contribution in [-0.2, 0) is 9.53 Å². The summed E-state index contributed by atoms with van der Waals surface area (Å²) in [6, 6.07) is 0.452. The summed E-state index contributed by atoms with van der Waals surface area (Å²) in [7, 11) is 0. The monoisotopic (exact) mass is 283 g/mol. The van der Waals surface area contributed by atoms with Crippen molar-refractivity contribution in [1.29, 1.82) is 0 Å². The predicted molar refractivity (Wildman–Crippen MR) is 79.5 cm³/mol. The molecule has 1 saturated carbocycles. The molecule has 5 nitrogen and oxygen atoms in total. The number of nitrogens with zero attached hydrogens (tertiary/aromatic N) is 2. The molecule has 2 atom stereocenters. The van der Waals surface area contributed by atoms with E-state index in [1.165, 1.54) is 13.0 Å². The van der Waals surface area contributed by atoms with Crippen LogP contribution in [0.3, 0.4) is 0 Å². The number of hydrogen-bond acceptors (Lipinski definition) is 5. The minimum Gasteiger partial charge on any atom is -0.465 e. The van der Waals surface area contributed by atoms with E-state index in [2.05, 4.69) is 16.7 Å². The maximum Gasteiger partial charge on any atom is 0.326 e. The van der Waals surface area contributed by atoms with Gasteiger partial charge in [-0.1, -0.05) is 6.92 Å². The zero-order chi connectivity index (χ0) is 14.6. The Hall–Kier alpha value is -0.650. The second-order valence-corrected chi connectivity index (χ2v) is 6.15. The van der Waals surface area contributed by atoms with Gasteiger partial charge >= 0.3 is 5.97 Å². The van der Waals surface area contributed by atoms with Gasteiger partial charge < -0.3 is 15.4 Å². The first kappa shape index (κ1) is 15.7. The van der Waals surface area contributed by atoms with Crippen LogP contribution in [0.4, 0.5) is 0 Å². The number of nitrogens with two attached hydrogens (primary N) is 1. The smallest absolute Gasteiger partial charge is 0.326 e. The number of ether oxygens (including phenoxy) is 1. The van der Waals surface area contributed by atoms with Crippen molar-refractivity contribution in [3.63, 3.8) is 0 Å². The van der Waals surface area contributed by atoms with E-state index in [0.29, 0.717) is 12.6 Å². The first-order valence-electron chi connectivity index (χ1n) is 8.01. The Balaban J connectivity index is 1.83. The van der Waals surface area contributed by atoms with Crippen molar-refractivity contribution in [3.05, 3.63) is 0 Å². The van der Waals surface area contributed by atoms with Gasteiger partial charge in [0.25, 0.3) is 0 Å². The third kappa shape index (κ3) is 3.51. The van der Waals surface area contributed by atoms with Gasteiger partial charge in [-0.2, -0.15) is 0 Å². The number of hydrogen-bond donors (Lipinski definition) is 1. The summed E-state index contributed by atoms with van der Waals surface area (Å²) in [6.07, 6.45) is 3.74. The van der Waals surface area contributed by atoms with Crippen LogP contribution >= 0.6 is 0 Å². The van der Waals surface area contributed by atoms with Gasteiger partial charge in [0.05, 0.1) is 6.61 Å². The highest BCUT2D eigenvalue weighted by molar-refractivity contribution is 5.81. The molecule has 20 heavy (non-hydrogen) atoms. The van der Waals surface area contributed by atoms with Crippen molar-refractivity contribution in [2.24, 2.45) is 5.73 Å². The molecule has 0 bridgehead atoms. The van der Waals surface area contributed by atoms with Gasteiger partial charge in [-0.05, 0) is 39.2 Å². The fraction of sp³-hybridized carbons (Fsp3) is 0.933. The van der Waals surface area contributed by atoms with Crippen LogP contribution in [0.2, 0.25) is 0 Å². The Morgan fingerprint density at radius 2 is 2.00 bits per heavy atom. The lowest BCUT2D eigenvalue weighted by Gasteiger charge is -2.38. The zero-order valence-corrected chi connectivity index (χ0v) is 12.9. The Bertz CT molecular complexity index is 329. The highest BCUT2D eigenvalue weighted by Crippen LogP contribution is 2.32. The summed E-state index contributed by atoms with van der Waals surface area (Å²) in [5.74, 6) is -0.216. The second kappa shape index (κ2) is 6.87.